The molecule has 1 unspecified atom stereocenters. The average molecular weight is 467 g/mol. The Morgan fingerprint density at radius 2 is 2.00 bits per heavy atom. The van der Waals surface area contributed by atoms with Crippen molar-refractivity contribution in [2.45, 2.75) is 31.0 Å². The van der Waals surface area contributed by atoms with Crippen LogP contribution in [0.1, 0.15) is 22.3 Å². The molecule has 3 heterocycles. The topological polar surface area (TPSA) is 58.1 Å². The second kappa shape index (κ2) is 8.33. The third-order valence-electron chi connectivity index (χ3n) is 5.23. The predicted molar refractivity (Wildman–Crippen MR) is 117 cm³/mol. The number of hydrogen-bond donors (Lipinski definition) is 1. The first-order chi connectivity index (χ1) is 14.6. The Labute approximate surface area is 184 Å². The summed E-state index contributed by atoms with van der Waals surface area (Å²) >= 11 is 1.08. The monoisotopic (exact) mass is 466 g/mol. The van der Waals surface area contributed by atoms with Gasteiger partial charge in [0, 0.05) is 41.5 Å². The summed E-state index contributed by atoms with van der Waals surface area (Å²) < 4.78 is 52.5. The number of likely N-dealkylation sites (N-methyl/N-ethyl adjacent to an activating group) is 1. The van der Waals surface area contributed by atoms with E-state index in [4.69, 9.17) is 0 Å². The fourth-order valence-corrected chi connectivity index (χ4v) is 5.38. The lowest BCUT2D eigenvalue weighted by atomic mass is 9.96. The van der Waals surface area contributed by atoms with E-state index in [2.05, 4.69) is 33.3 Å². The van der Waals surface area contributed by atoms with Crippen molar-refractivity contribution in [1.29, 1.82) is 0 Å². The van der Waals surface area contributed by atoms with Crippen LogP contribution in [0.15, 0.2) is 34.7 Å². The van der Waals surface area contributed by atoms with E-state index in [0.29, 0.717) is 9.77 Å². The molecule has 0 bridgehead atoms. The summed E-state index contributed by atoms with van der Waals surface area (Å²) in [5, 5.41) is 4.68. The van der Waals surface area contributed by atoms with Crippen LogP contribution in [0.3, 0.4) is 0 Å². The van der Waals surface area contributed by atoms with Crippen LogP contribution in [0.4, 0.5) is 24.8 Å². The van der Waals surface area contributed by atoms with Crippen molar-refractivity contribution in [3.8, 4) is 10.6 Å². The van der Waals surface area contributed by atoms with Gasteiger partial charge < -0.3 is 10.2 Å². The summed E-state index contributed by atoms with van der Waals surface area (Å²) in [5.41, 5.74) is 3.07. The van der Waals surface area contributed by atoms with Crippen LogP contribution in [0.25, 0.3) is 10.6 Å². The zero-order valence-corrected chi connectivity index (χ0v) is 18.8. The van der Waals surface area contributed by atoms with Crippen molar-refractivity contribution in [3.05, 3.63) is 52.0 Å². The van der Waals surface area contributed by atoms with Crippen LogP contribution in [0, 0.1) is 6.92 Å². The van der Waals surface area contributed by atoms with Crippen LogP contribution in [0.2, 0.25) is 0 Å². The van der Waals surface area contributed by atoms with E-state index in [1.807, 2.05) is 13.0 Å². The van der Waals surface area contributed by atoms with E-state index in [1.165, 1.54) is 23.4 Å². The highest BCUT2D eigenvalue weighted by Gasteiger charge is 2.36. The number of halogens is 3. The smallest absolute Gasteiger partial charge is 0.324 e. The molecule has 0 fully saturated rings. The van der Waals surface area contributed by atoms with Crippen molar-refractivity contribution in [1.82, 2.24) is 14.9 Å². The average Bonchev–Trinajstić information content (AvgIpc) is 3.18. The Morgan fingerprint density at radius 1 is 1.23 bits per heavy atom. The van der Waals surface area contributed by atoms with E-state index >= 15 is 0 Å². The highest BCUT2D eigenvalue weighted by molar-refractivity contribution is 7.84. The number of rotatable bonds is 4. The van der Waals surface area contributed by atoms with Gasteiger partial charge in [-0.05, 0) is 49.2 Å². The van der Waals surface area contributed by atoms with Gasteiger partial charge in [0.2, 0.25) is 5.95 Å². The van der Waals surface area contributed by atoms with Gasteiger partial charge >= 0.3 is 6.18 Å². The van der Waals surface area contributed by atoms with Crippen LogP contribution in [-0.4, -0.2) is 38.9 Å². The molecule has 5 nitrogen and oxygen atoms in total. The second-order valence-corrected chi connectivity index (χ2v) is 9.89. The number of alkyl halides is 3. The molecule has 1 aromatic carbocycles. The predicted octanol–water partition coefficient (Wildman–Crippen LogP) is 5.00. The van der Waals surface area contributed by atoms with Gasteiger partial charge in [-0.15, -0.1) is 11.3 Å². The van der Waals surface area contributed by atoms with Crippen molar-refractivity contribution < 1.29 is 17.4 Å². The number of fused-ring (bicyclic) bond motifs is 1. The Bertz CT molecular complexity index is 1160. The normalized spacial score (nSPS) is 15.5. The number of aromatic nitrogens is 2. The molecule has 0 radical (unpaired) electrons. The largest absolute Gasteiger partial charge is 0.420 e. The molecule has 2 aromatic heterocycles. The first kappa shape index (κ1) is 21.9. The van der Waals surface area contributed by atoms with Crippen LogP contribution >= 0.6 is 11.3 Å². The van der Waals surface area contributed by atoms with Gasteiger partial charge in [-0.3, -0.25) is 4.21 Å². The molecule has 10 heteroatoms. The fraction of sp³-hybridized carbons (Fsp3) is 0.333. The molecule has 31 heavy (non-hydrogen) atoms. The zero-order chi connectivity index (χ0) is 22.3. The first-order valence-electron chi connectivity index (χ1n) is 9.56. The molecule has 1 aliphatic rings. The molecule has 0 aliphatic carbocycles. The third-order valence-corrected chi connectivity index (χ3v) is 7.22. The number of nitrogens with zero attached hydrogens (tertiary/aromatic N) is 3. The van der Waals surface area contributed by atoms with Gasteiger partial charge in [0.05, 0.1) is 21.4 Å². The number of benzene rings is 1. The van der Waals surface area contributed by atoms with Gasteiger partial charge in [-0.2, -0.15) is 13.2 Å². The van der Waals surface area contributed by atoms with E-state index in [9.17, 15) is 17.4 Å². The lowest BCUT2D eigenvalue weighted by Gasteiger charge is -2.26. The number of nitrogens with one attached hydrogen (secondary N) is 1. The summed E-state index contributed by atoms with van der Waals surface area (Å²) in [6.45, 7) is 3.76. The molecular weight excluding hydrogens is 445 g/mol. The van der Waals surface area contributed by atoms with Gasteiger partial charge in [0.15, 0.2) is 0 Å². The van der Waals surface area contributed by atoms with Gasteiger partial charge in [0.1, 0.15) is 5.56 Å². The van der Waals surface area contributed by atoms with Crippen LogP contribution in [0.5, 0.6) is 0 Å². The molecule has 0 spiro atoms. The molecule has 0 saturated heterocycles. The molecular formula is C21H21F3N4OS2. The molecule has 4 rings (SSSR count). The number of hydrogen-bond acceptors (Lipinski definition) is 6. The fourth-order valence-electron chi connectivity index (χ4n) is 3.56. The molecule has 3 aromatic rings. The molecule has 1 aliphatic heterocycles. The Morgan fingerprint density at radius 3 is 2.68 bits per heavy atom. The molecule has 0 amide bonds. The highest BCUT2D eigenvalue weighted by atomic mass is 32.2. The van der Waals surface area contributed by atoms with Crippen molar-refractivity contribution >= 4 is 33.8 Å². The standard InChI is InChI=1S/C21H21F3N4OS2/c1-12-6-13-4-5-28(2)10-14(13)7-17(12)26-20-25-9-16(21(22,23)24)19(27-20)18-8-15(11-30-18)31(3)29/h6-9,11H,4-5,10H2,1-3H3,(H,25,26,27). The van der Waals surface area contributed by atoms with Gasteiger partial charge in [-0.1, -0.05) is 6.07 Å². The summed E-state index contributed by atoms with van der Waals surface area (Å²) in [7, 11) is 0.767. The van der Waals surface area contributed by atoms with Gasteiger partial charge in [0.25, 0.3) is 0 Å². The lowest BCUT2D eigenvalue weighted by molar-refractivity contribution is -0.137. The zero-order valence-electron chi connectivity index (χ0n) is 17.2. The minimum atomic E-state index is -4.60. The quantitative estimate of drug-likeness (QED) is 0.586. The molecule has 1 atom stereocenters. The summed E-state index contributed by atoms with van der Waals surface area (Å²) in [6, 6.07) is 5.62. The molecule has 0 saturated carbocycles. The first-order valence-corrected chi connectivity index (χ1v) is 12.0. The van der Waals surface area contributed by atoms with Crippen molar-refractivity contribution in [2.24, 2.45) is 0 Å². The van der Waals surface area contributed by atoms with Crippen molar-refractivity contribution in [3.63, 3.8) is 0 Å². The summed E-state index contributed by atoms with van der Waals surface area (Å²) in [5.74, 6) is 0.0859. The Hall–Kier alpha value is -2.30. The lowest BCUT2D eigenvalue weighted by Crippen LogP contribution is -2.26. The van der Waals surface area contributed by atoms with E-state index < -0.39 is 22.5 Å². The SMILES string of the molecule is Cc1cc2c(cc1Nc1ncc(C(F)(F)F)c(-c3cc(S(C)=O)cs3)n1)CN(C)CC2. The van der Waals surface area contributed by atoms with Crippen LogP contribution < -0.4 is 5.32 Å². The second-order valence-electron chi connectivity index (χ2n) is 7.60. The molecule has 164 valence electrons. The van der Waals surface area contributed by atoms with Crippen LogP contribution in [-0.2, 0) is 29.9 Å². The highest BCUT2D eigenvalue weighted by Crippen LogP contribution is 2.39. The number of thiophene rings is 1. The maximum Gasteiger partial charge on any atom is 0.420 e. The maximum atomic E-state index is 13.6. The van der Waals surface area contributed by atoms with E-state index in [1.54, 1.807) is 5.38 Å². The number of anilines is 2. The molecule has 1 N–H and O–H groups in total. The Balaban J connectivity index is 1.73. The summed E-state index contributed by atoms with van der Waals surface area (Å²) in [4.78, 5) is 11.1. The van der Waals surface area contributed by atoms with Gasteiger partial charge in [-0.25, -0.2) is 9.97 Å². The van der Waals surface area contributed by atoms with E-state index in [0.717, 1.165) is 48.3 Å². The number of aryl methyl sites for hydroxylation is 1. The van der Waals surface area contributed by atoms with E-state index in [-0.39, 0.29) is 11.6 Å². The minimum Gasteiger partial charge on any atom is -0.324 e. The third kappa shape index (κ3) is 4.65. The maximum absolute atomic E-state index is 13.6. The van der Waals surface area contributed by atoms with Crippen molar-refractivity contribution in [2.75, 3.05) is 25.2 Å². The Kier molecular flexibility index (Phi) is 5.89. The minimum absolute atomic E-state index is 0.0859. The summed E-state index contributed by atoms with van der Waals surface area (Å²) in [6.07, 6.45) is -1.35.